The van der Waals surface area contributed by atoms with Crippen molar-refractivity contribution in [1.82, 2.24) is 10.2 Å². The van der Waals surface area contributed by atoms with E-state index >= 15 is 0 Å². The molecule has 1 rings (SSSR count). The molecule has 4 heteroatoms. The maximum absolute atomic E-state index is 3.47. The summed E-state index contributed by atoms with van der Waals surface area (Å²) in [6, 6.07) is 2.80. The van der Waals surface area contributed by atoms with E-state index in [1.54, 1.807) is 11.3 Å². The molecule has 0 aliphatic heterocycles. The molecule has 0 atom stereocenters. The fourth-order valence-corrected chi connectivity index (χ4v) is 2.39. The zero-order valence-corrected chi connectivity index (χ0v) is 12.0. The summed E-state index contributed by atoms with van der Waals surface area (Å²) >= 11 is 5.21. The monoisotopic (exact) mass is 290 g/mol. The highest BCUT2D eigenvalue weighted by Crippen LogP contribution is 2.20. The summed E-state index contributed by atoms with van der Waals surface area (Å²) in [5, 5.41) is 5.63. The molecule has 0 fully saturated rings. The van der Waals surface area contributed by atoms with Crippen LogP contribution in [0.4, 0.5) is 0 Å². The van der Waals surface area contributed by atoms with Crippen LogP contribution in [0.3, 0.4) is 0 Å². The molecule has 0 aliphatic carbocycles. The lowest BCUT2D eigenvalue weighted by Crippen LogP contribution is -2.33. The van der Waals surface area contributed by atoms with Crippen molar-refractivity contribution >= 4 is 27.3 Å². The number of halogens is 1. The Labute approximate surface area is 105 Å². The summed E-state index contributed by atoms with van der Waals surface area (Å²) < 4.78 is 1.21. The van der Waals surface area contributed by atoms with Crippen LogP contribution in [0.5, 0.6) is 0 Å². The highest BCUT2D eigenvalue weighted by atomic mass is 79.9. The predicted molar refractivity (Wildman–Crippen MR) is 71.5 cm³/mol. The Kier molecular flexibility index (Phi) is 5.82. The number of nitrogens with one attached hydrogen (secondary N) is 1. The van der Waals surface area contributed by atoms with E-state index in [4.69, 9.17) is 0 Å². The molecule has 0 aromatic carbocycles. The Bertz CT molecular complexity index is 286. The van der Waals surface area contributed by atoms with Crippen molar-refractivity contribution in [3.05, 3.63) is 20.8 Å². The first kappa shape index (κ1) is 13.2. The summed E-state index contributed by atoms with van der Waals surface area (Å²) in [6.45, 7) is 7.55. The van der Waals surface area contributed by atoms with E-state index < -0.39 is 0 Å². The number of thiophene rings is 1. The van der Waals surface area contributed by atoms with Crippen molar-refractivity contribution in [1.29, 1.82) is 0 Å². The normalized spacial score (nSPS) is 11.6. The Morgan fingerprint density at radius 3 is 2.80 bits per heavy atom. The van der Waals surface area contributed by atoms with Gasteiger partial charge in [0.2, 0.25) is 0 Å². The van der Waals surface area contributed by atoms with Gasteiger partial charge in [-0.15, -0.1) is 11.3 Å². The molecule has 1 heterocycles. The van der Waals surface area contributed by atoms with E-state index in [9.17, 15) is 0 Å². The SMILES string of the molecule is CC(C)N(C)CCNCc1csc(Br)c1. The van der Waals surface area contributed by atoms with Crippen molar-refractivity contribution in [2.45, 2.75) is 26.4 Å². The van der Waals surface area contributed by atoms with Crippen molar-refractivity contribution < 1.29 is 0 Å². The molecule has 0 saturated carbocycles. The minimum atomic E-state index is 0.627. The van der Waals surface area contributed by atoms with Gasteiger partial charge in [0.25, 0.3) is 0 Å². The lowest BCUT2D eigenvalue weighted by atomic mass is 10.3. The van der Waals surface area contributed by atoms with E-state index in [-0.39, 0.29) is 0 Å². The third-order valence-corrected chi connectivity index (χ3v) is 4.03. The van der Waals surface area contributed by atoms with Gasteiger partial charge in [0, 0.05) is 25.7 Å². The predicted octanol–water partition coefficient (Wildman–Crippen LogP) is 2.94. The van der Waals surface area contributed by atoms with Gasteiger partial charge in [0.15, 0.2) is 0 Å². The first-order valence-electron chi connectivity index (χ1n) is 5.23. The minimum Gasteiger partial charge on any atom is -0.311 e. The molecule has 2 nitrogen and oxygen atoms in total. The van der Waals surface area contributed by atoms with Crippen LogP contribution >= 0.6 is 27.3 Å². The van der Waals surface area contributed by atoms with Gasteiger partial charge in [-0.25, -0.2) is 0 Å². The molecule has 0 spiro atoms. The minimum absolute atomic E-state index is 0.627. The van der Waals surface area contributed by atoms with E-state index in [1.165, 1.54) is 9.35 Å². The van der Waals surface area contributed by atoms with E-state index in [0.29, 0.717) is 6.04 Å². The molecule has 1 N–H and O–H groups in total. The summed E-state index contributed by atoms with van der Waals surface area (Å²) in [7, 11) is 2.16. The fourth-order valence-electron chi connectivity index (χ4n) is 1.18. The molecule has 1 aromatic heterocycles. The zero-order valence-electron chi connectivity index (χ0n) is 9.59. The van der Waals surface area contributed by atoms with Crippen LogP contribution in [0, 0.1) is 0 Å². The Balaban J connectivity index is 2.12. The fraction of sp³-hybridized carbons (Fsp3) is 0.636. The summed E-state index contributed by atoms with van der Waals surface area (Å²) in [5.74, 6) is 0. The van der Waals surface area contributed by atoms with Gasteiger partial charge in [-0.3, -0.25) is 0 Å². The first-order chi connectivity index (χ1) is 7.09. The van der Waals surface area contributed by atoms with Crippen LogP contribution in [0.25, 0.3) is 0 Å². The van der Waals surface area contributed by atoms with Crippen LogP contribution in [0.15, 0.2) is 15.2 Å². The second-order valence-electron chi connectivity index (χ2n) is 4.01. The highest BCUT2D eigenvalue weighted by molar-refractivity contribution is 9.11. The number of hydrogen-bond acceptors (Lipinski definition) is 3. The zero-order chi connectivity index (χ0) is 11.3. The molecule has 15 heavy (non-hydrogen) atoms. The quantitative estimate of drug-likeness (QED) is 0.811. The molecular formula is C11H19BrN2S. The number of rotatable bonds is 6. The van der Waals surface area contributed by atoms with Crippen LogP contribution in [0.2, 0.25) is 0 Å². The smallest absolute Gasteiger partial charge is 0.0701 e. The Morgan fingerprint density at radius 1 is 1.53 bits per heavy atom. The van der Waals surface area contributed by atoms with Crippen molar-refractivity contribution in [3.63, 3.8) is 0 Å². The Hall–Kier alpha value is 0.100. The third-order valence-electron chi connectivity index (χ3n) is 2.47. The molecule has 1 aromatic rings. The summed E-state index contributed by atoms with van der Waals surface area (Å²) in [5.41, 5.74) is 1.36. The second kappa shape index (κ2) is 6.63. The van der Waals surface area contributed by atoms with Gasteiger partial charge in [-0.05, 0) is 53.8 Å². The van der Waals surface area contributed by atoms with E-state index in [0.717, 1.165) is 19.6 Å². The highest BCUT2D eigenvalue weighted by Gasteiger charge is 2.02. The molecule has 0 amide bonds. The number of likely N-dealkylation sites (N-methyl/N-ethyl adjacent to an activating group) is 1. The van der Waals surface area contributed by atoms with Gasteiger partial charge in [-0.2, -0.15) is 0 Å². The van der Waals surface area contributed by atoms with Gasteiger partial charge >= 0.3 is 0 Å². The average Bonchev–Trinajstić information content (AvgIpc) is 2.58. The molecule has 0 bridgehead atoms. The largest absolute Gasteiger partial charge is 0.311 e. The number of hydrogen-bond donors (Lipinski definition) is 1. The van der Waals surface area contributed by atoms with Gasteiger partial charge < -0.3 is 10.2 Å². The third kappa shape index (κ3) is 5.11. The van der Waals surface area contributed by atoms with Crippen LogP contribution < -0.4 is 5.32 Å². The van der Waals surface area contributed by atoms with Gasteiger partial charge in [-0.1, -0.05) is 0 Å². The summed E-state index contributed by atoms with van der Waals surface area (Å²) in [6.07, 6.45) is 0. The number of nitrogens with zero attached hydrogens (tertiary/aromatic N) is 1. The molecule has 0 aliphatic rings. The van der Waals surface area contributed by atoms with Crippen LogP contribution in [0.1, 0.15) is 19.4 Å². The standard InChI is InChI=1S/C11H19BrN2S/c1-9(2)14(3)5-4-13-7-10-6-11(12)15-8-10/h6,8-9,13H,4-5,7H2,1-3H3. The molecule has 86 valence electrons. The van der Waals surface area contributed by atoms with Crippen molar-refractivity contribution in [2.75, 3.05) is 20.1 Å². The van der Waals surface area contributed by atoms with E-state index in [2.05, 4.69) is 58.5 Å². The summed E-state index contributed by atoms with van der Waals surface area (Å²) in [4.78, 5) is 2.34. The van der Waals surface area contributed by atoms with Crippen LogP contribution in [-0.4, -0.2) is 31.1 Å². The lowest BCUT2D eigenvalue weighted by molar-refractivity contribution is 0.273. The maximum Gasteiger partial charge on any atom is 0.0701 e. The first-order valence-corrected chi connectivity index (χ1v) is 6.90. The molecule has 0 radical (unpaired) electrons. The lowest BCUT2D eigenvalue weighted by Gasteiger charge is -2.20. The van der Waals surface area contributed by atoms with Crippen molar-refractivity contribution in [2.24, 2.45) is 0 Å². The molecule has 0 unspecified atom stereocenters. The Morgan fingerprint density at radius 2 is 2.27 bits per heavy atom. The molecular weight excluding hydrogens is 272 g/mol. The van der Waals surface area contributed by atoms with Crippen LogP contribution in [-0.2, 0) is 6.54 Å². The maximum atomic E-state index is 3.47. The van der Waals surface area contributed by atoms with E-state index in [1.807, 2.05) is 0 Å². The average molecular weight is 291 g/mol. The molecule has 0 saturated heterocycles. The second-order valence-corrected chi connectivity index (χ2v) is 6.30. The van der Waals surface area contributed by atoms with Crippen molar-refractivity contribution in [3.8, 4) is 0 Å². The topological polar surface area (TPSA) is 15.3 Å². The van der Waals surface area contributed by atoms with Gasteiger partial charge in [0.05, 0.1) is 3.79 Å². The van der Waals surface area contributed by atoms with Gasteiger partial charge in [0.1, 0.15) is 0 Å².